The molecule has 0 unspecified atom stereocenters. The summed E-state index contributed by atoms with van der Waals surface area (Å²) in [6.07, 6.45) is 0. The minimum atomic E-state index is -0.287. The summed E-state index contributed by atoms with van der Waals surface area (Å²) >= 11 is 5.74. The summed E-state index contributed by atoms with van der Waals surface area (Å²) in [6.45, 7) is 0.352. The van der Waals surface area contributed by atoms with Crippen LogP contribution in [0.2, 0.25) is 5.15 Å². The molecular formula is C14H11ClN4O. The lowest BCUT2D eigenvalue weighted by Gasteiger charge is -2.06. The maximum atomic E-state index is 11.9. The molecule has 1 aromatic carbocycles. The third kappa shape index (κ3) is 3.46. The third-order valence-electron chi connectivity index (χ3n) is 2.61. The van der Waals surface area contributed by atoms with Gasteiger partial charge in [0.2, 0.25) is 0 Å². The second-order valence-corrected chi connectivity index (χ2v) is 4.48. The highest BCUT2D eigenvalue weighted by Crippen LogP contribution is 2.12. The van der Waals surface area contributed by atoms with Gasteiger partial charge in [0.15, 0.2) is 0 Å². The van der Waals surface area contributed by atoms with Crippen LogP contribution in [0.15, 0.2) is 36.4 Å². The predicted molar refractivity (Wildman–Crippen MR) is 76.0 cm³/mol. The molecule has 3 N–H and O–H groups in total. The number of anilines is 1. The van der Waals surface area contributed by atoms with Crippen LogP contribution >= 0.6 is 11.6 Å². The van der Waals surface area contributed by atoms with Crippen molar-refractivity contribution in [2.24, 2.45) is 0 Å². The lowest BCUT2D eigenvalue weighted by atomic mass is 10.1. The topological polar surface area (TPSA) is 91.8 Å². The maximum absolute atomic E-state index is 11.9. The number of amides is 1. The highest BCUT2D eigenvalue weighted by molar-refractivity contribution is 6.29. The van der Waals surface area contributed by atoms with Gasteiger partial charge in [-0.3, -0.25) is 4.79 Å². The van der Waals surface area contributed by atoms with Gasteiger partial charge in [-0.15, -0.1) is 0 Å². The summed E-state index contributed by atoms with van der Waals surface area (Å²) in [6, 6.07) is 11.9. The Morgan fingerprint density at radius 1 is 1.35 bits per heavy atom. The molecule has 0 radical (unpaired) electrons. The van der Waals surface area contributed by atoms with Gasteiger partial charge in [0.1, 0.15) is 11.0 Å². The maximum Gasteiger partial charge on any atom is 0.251 e. The Hall–Kier alpha value is -2.58. The molecule has 0 saturated carbocycles. The first-order valence-electron chi connectivity index (χ1n) is 5.79. The molecular weight excluding hydrogens is 276 g/mol. The number of halogens is 1. The molecule has 100 valence electrons. The Balaban J connectivity index is 2.02. The van der Waals surface area contributed by atoms with E-state index in [1.807, 2.05) is 6.07 Å². The Kier molecular flexibility index (Phi) is 4.18. The number of nitriles is 1. The number of nitrogens with one attached hydrogen (secondary N) is 1. The van der Waals surface area contributed by atoms with Gasteiger partial charge in [0, 0.05) is 12.1 Å². The minimum Gasteiger partial charge on any atom is -0.384 e. The Morgan fingerprint density at radius 2 is 2.05 bits per heavy atom. The van der Waals surface area contributed by atoms with Crippen LogP contribution in [0.1, 0.15) is 21.5 Å². The van der Waals surface area contributed by atoms with Crippen LogP contribution in [-0.2, 0) is 6.54 Å². The van der Waals surface area contributed by atoms with Crippen molar-refractivity contribution in [1.29, 1.82) is 5.26 Å². The van der Waals surface area contributed by atoms with Gasteiger partial charge < -0.3 is 11.1 Å². The zero-order valence-electron chi connectivity index (χ0n) is 10.4. The molecule has 2 rings (SSSR count). The van der Waals surface area contributed by atoms with Crippen molar-refractivity contribution in [3.05, 3.63) is 58.2 Å². The molecule has 0 saturated heterocycles. The van der Waals surface area contributed by atoms with E-state index in [-0.39, 0.29) is 16.9 Å². The highest BCUT2D eigenvalue weighted by Gasteiger charge is 2.08. The smallest absolute Gasteiger partial charge is 0.251 e. The molecule has 5 nitrogen and oxygen atoms in total. The molecule has 0 aliphatic heterocycles. The van der Waals surface area contributed by atoms with Crippen molar-refractivity contribution in [1.82, 2.24) is 10.3 Å². The molecule has 0 aliphatic carbocycles. The summed E-state index contributed by atoms with van der Waals surface area (Å²) in [5, 5.41) is 11.6. The first-order chi connectivity index (χ1) is 9.58. The van der Waals surface area contributed by atoms with Crippen LogP contribution in [0.3, 0.4) is 0 Å². The number of pyridine rings is 1. The third-order valence-corrected chi connectivity index (χ3v) is 2.81. The van der Waals surface area contributed by atoms with E-state index in [1.54, 1.807) is 24.3 Å². The number of carbonyl (C=O) groups excluding carboxylic acids is 1. The molecule has 0 atom stereocenters. The Bertz CT molecular complexity index is 656. The number of nitrogens with two attached hydrogens (primary N) is 1. The van der Waals surface area contributed by atoms with Gasteiger partial charge in [-0.05, 0) is 29.8 Å². The van der Waals surface area contributed by atoms with Crippen LogP contribution in [0, 0.1) is 11.3 Å². The molecule has 1 heterocycles. The standard InChI is InChI=1S/C14H11ClN4O/c15-12-5-11(6-13(17)19-12)14(20)18-8-10-3-1-9(7-16)2-4-10/h1-6H,8H2,(H2,17,19)(H,18,20). The summed E-state index contributed by atoms with van der Waals surface area (Å²) in [5.41, 5.74) is 7.36. The van der Waals surface area contributed by atoms with Gasteiger partial charge in [-0.25, -0.2) is 4.98 Å². The number of hydrogen-bond donors (Lipinski definition) is 2. The Morgan fingerprint density at radius 3 is 2.65 bits per heavy atom. The average molecular weight is 287 g/mol. The Labute approximate surface area is 121 Å². The number of aromatic nitrogens is 1. The summed E-state index contributed by atoms with van der Waals surface area (Å²) in [4.78, 5) is 15.7. The fourth-order valence-electron chi connectivity index (χ4n) is 1.63. The lowest BCUT2D eigenvalue weighted by molar-refractivity contribution is 0.0951. The van der Waals surface area contributed by atoms with E-state index in [1.165, 1.54) is 12.1 Å². The monoisotopic (exact) mass is 286 g/mol. The summed E-state index contributed by atoms with van der Waals surface area (Å²) in [5.74, 6) is -0.0913. The quantitative estimate of drug-likeness (QED) is 0.845. The van der Waals surface area contributed by atoms with Crippen molar-refractivity contribution in [2.75, 3.05) is 5.73 Å². The van der Waals surface area contributed by atoms with Crippen LogP contribution in [0.5, 0.6) is 0 Å². The molecule has 0 aliphatic rings. The molecule has 1 aromatic heterocycles. The summed E-state index contributed by atoms with van der Waals surface area (Å²) in [7, 11) is 0. The predicted octanol–water partition coefficient (Wildman–Crippen LogP) is 2.12. The zero-order chi connectivity index (χ0) is 14.5. The van der Waals surface area contributed by atoms with Gasteiger partial charge in [-0.2, -0.15) is 5.26 Å². The number of carbonyl (C=O) groups is 1. The second kappa shape index (κ2) is 6.04. The van der Waals surface area contributed by atoms with Crippen molar-refractivity contribution in [3.63, 3.8) is 0 Å². The first-order valence-corrected chi connectivity index (χ1v) is 6.16. The SMILES string of the molecule is N#Cc1ccc(CNC(=O)c2cc(N)nc(Cl)c2)cc1. The van der Waals surface area contributed by atoms with Crippen LogP contribution in [-0.4, -0.2) is 10.9 Å². The van der Waals surface area contributed by atoms with Crippen molar-refractivity contribution in [2.45, 2.75) is 6.54 Å². The fourth-order valence-corrected chi connectivity index (χ4v) is 1.84. The zero-order valence-corrected chi connectivity index (χ0v) is 11.2. The van der Waals surface area contributed by atoms with E-state index >= 15 is 0 Å². The average Bonchev–Trinajstić information content (AvgIpc) is 2.44. The van der Waals surface area contributed by atoms with E-state index in [2.05, 4.69) is 10.3 Å². The highest BCUT2D eigenvalue weighted by atomic mass is 35.5. The molecule has 0 fully saturated rings. The molecule has 0 spiro atoms. The number of nitrogens with zero attached hydrogens (tertiary/aromatic N) is 2. The molecule has 0 bridgehead atoms. The second-order valence-electron chi connectivity index (χ2n) is 4.09. The fraction of sp³-hybridized carbons (Fsp3) is 0.0714. The molecule has 20 heavy (non-hydrogen) atoms. The number of benzene rings is 1. The van der Waals surface area contributed by atoms with E-state index in [0.29, 0.717) is 17.7 Å². The first kappa shape index (κ1) is 13.8. The van der Waals surface area contributed by atoms with E-state index in [9.17, 15) is 4.79 Å². The number of nitrogen functional groups attached to an aromatic ring is 1. The van der Waals surface area contributed by atoms with Crippen molar-refractivity contribution in [3.8, 4) is 6.07 Å². The molecule has 2 aromatic rings. The van der Waals surface area contributed by atoms with Crippen LogP contribution in [0.25, 0.3) is 0 Å². The lowest BCUT2D eigenvalue weighted by Crippen LogP contribution is -2.23. The number of hydrogen-bond acceptors (Lipinski definition) is 4. The van der Waals surface area contributed by atoms with Gasteiger partial charge >= 0.3 is 0 Å². The normalized spacial score (nSPS) is 9.80. The molecule has 1 amide bonds. The molecule has 6 heteroatoms. The van der Waals surface area contributed by atoms with Crippen LogP contribution in [0.4, 0.5) is 5.82 Å². The van der Waals surface area contributed by atoms with Gasteiger partial charge in [0.05, 0.1) is 11.6 Å². The van der Waals surface area contributed by atoms with E-state index in [4.69, 9.17) is 22.6 Å². The van der Waals surface area contributed by atoms with Crippen LogP contribution < -0.4 is 11.1 Å². The largest absolute Gasteiger partial charge is 0.384 e. The van der Waals surface area contributed by atoms with Gasteiger partial charge in [-0.1, -0.05) is 23.7 Å². The van der Waals surface area contributed by atoms with Gasteiger partial charge in [0.25, 0.3) is 5.91 Å². The van der Waals surface area contributed by atoms with Crippen molar-refractivity contribution < 1.29 is 4.79 Å². The minimum absolute atomic E-state index is 0.175. The van der Waals surface area contributed by atoms with E-state index < -0.39 is 0 Å². The summed E-state index contributed by atoms with van der Waals surface area (Å²) < 4.78 is 0. The van der Waals surface area contributed by atoms with Crippen molar-refractivity contribution >= 4 is 23.3 Å². The van der Waals surface area contributed by atoms with E-state index in [0.717, 1.165) is 5.56 Å². The number of rotatable bonds is 3.